The number of aromatic nitrogens is 2. The lowest BCUT2D eigenvalue weighted by Crippen LogP contribution is -2.35. The molecule has 0 spiro atoms. The van der Waals surface area contributed by atoms with Gasteiger partial charge in [0, 0.05) is 6.54 Å². The highest BCUT2D eigenvalue weighted by molar-refractivity contribution is 5.75. The summed E-state index contributed by atoms with van der Waals surface area (Å²) >= 11 is 0. The van der Waals surface area contributed by atoms with E-state index in [2.05, 4.69) is 20.3 Å². The van der Waals surface area contributed by atoms with Gasteiger partial charge in [-0.25, -0.2) is 4.63 Å². The van der Waals surface area contributed by atoms with E-state index in [0.717, 1.165) is 5.69 Å². The van der Waals surface area contributed by atoms with Gasteiger partial charge in [0.1, 0.15) is 17.4 Å². The zero-order valence-electron chi connectivity index (χ0n) is 9.11. The fourth-order valence-electron chi connectivity index (χ4n) is 1.01. The van der Waals surface area contributed by atoms with Crippen molar-refractivity contribution in [1.82, 2.24) is 15.6 Å². The molecule has 1 aromatic rings. The molecule has 0 saturated carbocycles. The minimum absolute atomic E-state index is 0.272. The largest absolute Gasteiger partial charge is 0.465 e. The lowest BCUT2D eigenvalue weighted by molar-refractivity contribution is -0.145. The topological polar surface area (TPSA) is 77.2 Å². The number of hydrogen-bond acceptors (Lipinski definition) is 6. The number of hydrogen-bond donors (Lipinski definition) is 1. The Morgan fingerprint density at radius 3 is 2.87 bits per heavy atom. The number of ether oxygens (including phenoxy) is 1. The van der Waals surface area contributed by atoms with Crippen molar-refractivity contribution in [2.45, 2.75) is 33.4 Å². The molecule has 1 aromatic heterocycles. The van der Waals surface area contributed by atoms with Crippen molar-refractivity contribution in [3.63, 3.8) is 0 Å². The fraction of sp³-hybridized carbons (Fsp3) is 0.667. The monoisotopic (exact) mass is 213 g/mol. The molecule has 6 heteroatoms. The molecule has 1 rings (SSSR count). The molecule has 0 aliphatic rings. The minimum Gasteiger partial charge on any atom is -0.465 e. The van der Waals surface area contributed by atoms with E-state index in [0.29, 0.717) is 18.8 Å². The van der Waals surface area contributed by atoms with Gasteiger partial charge in [0.2, 0.25) is 0 Å². The van der Waals surface area contributed by atoms with Crippen LogP contribution in [0.2, 0.25) is 0 Å². The van der Waals surface area contributed by atoms with Crippen molar-refractivity contribution in [3.8, 4) is 0 Å². The number of carbonyl (C=O) groups is 1. The van der Waals surface area contributed by atoms with E-state index in [1.165, 1.54) is 0 Å². The van der Waals surface area contributed by atoms with Crippen LogP contribution in [0.4, 0.5) is 0 Å². The van der Waals surface area contributed by atoms with Crippen molar-refractivity contribution < 1.29 is 14.2 Å². The van der Waals surface area contributed by atoms with Crippen molar-refractivity contribution in [3.05, 3.63) is 11.4 Å². The van der Waals surface area contributed by atoms with Gasteiger partial charge in [0.15, 0.2) is 0 Å². The average molecular weight is 213 g/mol. The number of rotatable bonds is 5. The van der Waals surface area contributed by atoms with Gasteiger partial charge in [-0.2, -0.15) is 0 Å². The van der Waals surface area contributed by atoms with Crippen LogP contribution in [0.1, 0.15) is 25.2 Å². The third-order valence-corrected chi connectivity index (χ3v) is 1.96. The summed E-state index contributed by atoms with van der Waals surface area (Å²) in [5.74, 6) is -0.272. The molecule has 0 aliphatic carbocycles. The normalized spacial score (nSPS) is 12.5. The molecule has 15 heavy (non-hydrogen) atoms. The van der Waals surface area contributed by atoms with Crippen LogP contribution in [-0.4, -0.2) is 28.9 Å². The minimum atomic E-state index is -0.360. The van der Waals surface area contributed by atoms with Crippen LogP contribution in [0, 0.1) is 6.92 Å². The van der Waals surface area contributed by atoms with Gasteiger partial charge in [0.25, 0.3) is 0 Å². The van der Waals surface area contributed by atoms with Crippen molar-refractivity contribution >= 4 is 5.97 Å². The summed E-state index contributed by atoms with van der Waals surface area (Å²) < 4.78 is 9.37. The van der Waals surface area contributed by atoms with Gasteiger partial charge in [-0.15, -0.1) is 0 Å². The van der Waals surface area contributed by atoms with Gasteiger partial charge in [0.05, 0.1) is 6.61 Å². The number of aryl methyl sites for hydroxylation is 1. The van der Waals surface area contributed by atoms with Crippen LogP contribution in [-0.2, 0) is 16.1 Å². The molecule has 0 aromatic carbocycles. The molecular formula is C9H15N3O3. The summed E-state index contributed by atoms with van der Waals surface area (Å²) in [7, 11) is 0. The van der Waals surface area contributed by atoms with Crippen LogP contribution in [0.3, 0.4) is 0 Å². The van der Waals surface area contributed by atoms with Crippen LogP contribution in [0.25, 0.3) is 0 Å². The zero-order valence-corrected chi connectivity index (χ0v) is 9.11. The Kier molecular flexibility index (Phi) is 4.23. The first-order valence-electron chi connectivity index (χ1n) is 4.83. The molecule has 0 radical (unpaired) electrons. The molecule has 1 heterocycles. The maximum absolute atomic E-state index is 11.2. The van der Waals surface area contributed by atoms with Crippen LogP contribution < -0.4 is 5.32 Å². The molecular weight excluding hydrogens is 198 g/mol. The second kappa shape index (κ2) is 5.45. The van der Waals surface area contributed by atoms with E-state index in [1.807, 2.05) is 0 Å². The molecule has 0 fully saturated rings. The van der Waals surface area contributed by atoms with E-state index in [4.69, 9.17) is 4.74 Å². The number of esters is 1. The van der Waals surface area contributed by atoms with Gasteiger partial charge in [-0.3, -0.25) is 10.1 Å². The van der Waals surface area contributed by atoms with Crippen molar-refractivity contribution in [2.75, 3.05) is 6.61 Å². The first-order chi connectivity index (χ1) is 7.15. The Morgan fingerprint density at radius 2 is 2.33 bits per heavy atom. The second-order valence-electron chi connectivity index (χ2n) is 3.15. The van der Waals surface area contributed by atoms with Gasteiger partial charge in [-0.1, -0.05) is 10.3 Å². The highest BCUT2D eigenvalue weighted by Gasteiger charge is 2.14. The number of nitrogens with zero attached hydrogens (tertiary/aromatic N) is 2. The fourth-order valence-corrected chi connectivity index (χ4v) is 1.01. The summed E-state index contributed by atoms with van der Waals surface area (Å²) in [5, 5.41) is 10.3. The molecule has 1 N–H and O–H groups in total. The molecule has 0 bridgehead atoms. The van der Waals surface area contributed by atoms with Crippen molar-refractivity contribution in [2.24, 2.45) is 0 Å². The Bertz CT molecular complexity index is 324. The lowest BCUT2D eigenvalue weighted by Gasteiger charge is -2.10. The average Bonchev–Trinajstić information content (AvgIpc) is 2.61. The highest BCUT2D eigenvalue weighted by atomic mass is 16.6. The Labute approximate surface area is 87.9 Å². The third-order valence-electron chi connectivity index (χ3n) is 1.96. The SMILES string of the molecule is CCOC(=O)C(C)NCc1nonc1C. The first-order valence-corrected chi connectivity index (χ1v) is 4.83. The molecule has 0 amide bonds. The first kappa shape index (κ1) is 11.6. The van der Waals surface area contributed by atoms with Gasteiger partial charge >= 0.3 is 5.97 Å². The maximum atomic E-state index is 11.2. The summed E-state index contributed by atoms with van der Waals surface area (Å²) in [6.07, 6.45) is 0. The van der Waals surface area contributed by atoms with E-state index in [-0.39, 0.29) is 12.0 Å². The second-order valence-corrected chi connectivity index (χ2v) is 3.15. The molecule has 6 nitrogen and oxygen atoms in total. The summed E-state index contributed by atoms with van der Waals surface area (Å²) in [6, 6.07) is -0.360. The lowest BCUT2D eigenvalue weighted by atomic mass is 10.3. The Morgan fingerprint density at radius 1 is 1.60 bits per heavy atom. The van der Waals surface area contributed by atoms with E-state index < -0.39 is 0 Å². The summed E-state index contributed by atoms with van der Waals surface area (Å²) in [4.78, 5) is 11.2. The van der Waals surface area contributed by atoms with Crippen LogP contribution in [0.5, 0.6) is 0 Å². The highest BCUT2D eigenvalue weighted by Crippen LogP contribution is 2.00. The molecule has 1 unspecified atom stereocenters. The van der Waals surface area contributed by atoms with E-state index in [9.17, 15) is 4.79 Å². The number of carbonyl (C=O) groups excluding carboxylic acids is 1. The summed E-state index contributed by atoms with van der Waals surface area (Å²) in [5.41, 5.74) is 1.42. The summed E-state index contributed by atoms with van der Waals surface area (Å²) in [6.45, 7) is 6.13. The van der Waals surface area contributed by atoms with Crippen LogP contribution >= 0.6 is 0 Å². The maximum Gasteiger partial charge on any atom is 0.322 e. The smallest absolute Gasteiger partial charge is 0.322 e. The molecule has 0 saturated heterocycles. The van der Waals surface area contributed by atoms with E-state index >= 15 is 0 Å². The predicted molar refractivity (Wildman–Crippen MR) is 52.0 cm³/mol. The predicted octanol–water partition coefficient (Wildman–Crippen LogP) is 0.419. The van der Waals surface area contributed by atoms with Gasteiger partial charge in [-0.05, 0) is 20.8 Å². The third kappa shape index (κ3) is 3.32. The quantitative estimate of drug-likeness (QED) is 0.714. The van der Waals surface area contributed by atoms with Gasteiger partial charge < -0.3 is 4.74 Å². The Hall–Kier alpha value is -1.43. The number of nitrogens with one attached hydrogen (secondary N) is 1. The van der Waals surface area contributed by atoms with Crippen LogP contribution in [0.15, 0.2) is 4.63 Å². The Balaban J connectivity index is 2.37. The zero-order chi connectivity index (χ0) is 11.3. The molecule has 84 valence electrons. The standard InChI is InChI=1S/C9H15N3O3/c1-4-14-9(13)7(3)10-5-8-6(2)11-15-12-8/h7,10H,4-5H2,1-3H3. The van der Waals surface area contributed by atoms with E-state index in [1.54, 1.807) is 20.8 Å². The molecule has 1 atom stereocenters. The molecule has 0 aliphatic heterocycles. The van der Waals surface area contributed by atoms with Crippen molar-refractivity contribution in [1.29, 1.82) is 0 Å².